The first kappa shape index (κ1) is 23.2. The highest BCUT2D eigenvalue weighted by Gasteiger charge is 2.19. The lowest BCUT2D eigenvalue weighted by molar-refractivity contribution is 0.0465. The minimum Gasteiger partial charge on any atom is -0.456 e. The third kappa shape index (κ3) is 5.52. The lowest BCUT2D eigenvalue weighted by Gasteiger charge is -2.08. The molecule has 168 valence electrons. The smallest absolute Gasteiger partial charge is 0.359 e. The molecule has 0 amide bonds. The van der Waals surface area contributed by atoms with Crippen LogP contribution in [0.15, 0.2) is 88.2 Å². The minimum atomic E-state index is -3.33. The van der Waals surface area contributed by atoms with Crippen LogP contribution in [0, 0.1) is 0 Å². The Bertz CT molecular complexity index is 1400. The number of hydrogen-bond donors (Lipinski definition) is 0. The molecular formula is C24H18BrClN2O4S. The lowest BCUT2D eigenvalue weighted by Crippen LogP contribution is -2.07. The Hall–Kier alpha value is -2.94. The first-order valence-corrected chi connectivity index (χ1v) is 12.8. The van der Waals surface area contributed by atoms with Crippen molar-refractivity contribution in [2.24, 2.45) is 0 Å². The summed E-state index contributed by atoms with van der Waals surface area (Å²) in [5.74, 6) is -0.570. The second kappa shape index (κ2) is 9.51. The topological polar surface area (TPSA) is 78.3 Å². The average Bonchev–Trinajstić information content (AvgIpc) is 3.24. The number of carbonyl (C=O) groups is 1. The van der Waals surface area contributed by atoms with Gasteiger partial charge in [0.15, 0.2) is 15.5 Å². The summed E-state index contributed by atoms with van der Waals surface area (Å²) in [6.45, 7) is 0.109. The molecule has 1 heterocycles. The molecule has 0 aliphatic rings. The number of aromatic nitrogens is 2. The summed E-state index contributed by atoms with van der Waals surface area (Å²) < 4.78 is 31.6. The fourth-order valence-corrected chi connectivity index (χ4v) is 4.16. The molecule has 0 spiro atoms. The molecule has 1 aromatic heterocycles. The Morgan fingerprint density at radius 3 is 2.24 bits per heavy atom. The molecule has 9 heteroatoms. The number of carbonyl (C=O) groups excluding carboxylic acids is 1. The summed E-state index contributed by atoms with van der Waals surface area (Å²) in [5, 5.41) is 5.03. The van der Waals surface area contributed by atoms with Crippen molar-refractivity contribution < 1.29 is 17.9 Å². The number of hydrogen-bond acceptors (Lipinski definition) is 5. The molecular weight excluding hydrogens is 528 g/mol. The lowest BCUT2D eigenvalue weighted by atomic mass is 10.1. The maximum atomic E-state index is 12.7. The van der Waals surface area contributed by atoms with E-state index in [1.54, 1.807) is 35.0 Å². The average molecular weight is 546 g/mol. The summed E-state index contributed by atoms with van der Waals surface area (Å²) in [6.07, 6.45) is 1.15. The van der Waals surface area contributed by atoms with Gasteiger partial charge < -0.3 is 4.74 Å². The molecule has 0 fully saturated rings. The van der Waals surface area contributed by atoms with Gasteiger partial charge >= 0.3 is 5.97 Å². The second-order valence-electron chi connectivity index (χ2n) is 7.30. The van der Waals surface area contributed by atoms with Crippen molar-refractivity contribution in [3.05, 3.63) is 99.6 Å². The van der Waals surface area contributed by atoms with Crippen LogP contribution in [-0.2, 0) is 21.2 Å². The number of sulfone groups is 1. The van der Waals surface area contributed by atoms with Crippen molar-refractivity contribution in [1.82, 2.24) is 9.78 Å². The van der Waals surface area contributed by atoms with Crippen molar-refractivity contribution in [2.45, 2.75) is 11.5 Å². The van der Waals surface area contributed by atoms with Gasteiger partial charge in [0.05, 0.1) is 16.3 Å². The molecule has 0 bridgehead atoms. The Morgan fingerprint density at radius 2 is 1.64 bits per heavy atom. The Kier molecular flexibility index (Phi) is 6.69. The molecule has 0 saturated heterocycles. The quantitative estimate of drug-likeness (QED) is 0.290. The SMILES string of the molecule is CS(=O)(=O)c1ccc(-n2nc(C(=O)OCc3ccc(Br)cc3)cc2-c2ccc(Cl)cc2)cc1. The molecule has 0 atom stereocenters. The number of ether oxygens (including phenoxy) is 1. The zero-order valence-electron chi connectivity index (χ0n) is 17.4. The van der Waals surface area contributed by atoms with Gasteiger partial charge in [-0.25, -0.2) is 17.9 Å². The molecule has 33 heavy (non-hydrogen) atoms. The summed E-state index contributed by atoms with van der Waals surface area (Å²) >= 11 is 9.40. The van der Waals surface area contributed by atoms with E-state index in [0.717, 1.165) is 21.9 Å². The maximum absolute atomic E-state index is 12.7. The molecule has 6 nitrogen and oxygen atoms in total. The van der Waals surface area contributed by atoms with E-state index in [1.165, 1.54) is 12.1 Å². The van der Waals surface area contributed by atoms with Crippen LogP contribution in [0.5, 0.6) is 0 Å². The van der Waals surface area contributed by atoms with Crippen LogP contribution in [-0.4, -0.2) is 30.4 Å². The van der Waals surface area contributed by atoms with Gasteiger partial charge in [-0.2, -0.15) is 5.10 Å². The molecule has 0 unspecified atom stereocenters. The fourth-order valence-electron chi connectivity index (χ4n) is 3.14. The van der Waals surface area contributed by atoms with Gasteiger partial charge in [-0.15, -0.1) is 0 Å². The molecule has 0 aliphatic carbocycles. The Labute approximate surface area is 204 Å². The normalized spacial score (nSPS) is 11.4. The maximum Gasteiger partial charge on any atom is 0.359 e. The third-order valence-corrected chi connectivity index (χ3v) is 6.76. The standard InChI is InChI=1S/C24H18BrClN2O4S/c1-33(30,31)21-12-10-20(11-13-21)28-23(17-4-8-19(26)9-5-17)14-22(27-28)24(29)32-15-16-2-6-18(25)7-3-16/h2-14H,15H2,1H3. The van der Waals surface area contributed by atoms with Gasteiger partial charge in [-0.05, 0) is 60.2 Å². The zero-order valence-corrected chi connectivity index (χ0v) is 20.6. The van der Waals surface area contributed by atoms with E-state index in [-0.39, 0.29) is 17.2 Å². The summed E-state index contributed by atoms with van der Waals surface area (Å²) in [6, 6.07) is 22.5. The van der Waals surface area contributed by atoms with Crippen molar-refractivity contribution in [3.8, 4) is 16.9 Å². The third-order valence-electron chi connectivity index (χ3n) is 4.85. The van der Waals surface area contributed by atoms with Crippen LogP contribution in [0.2, 0.25) is 5.02 Å². The Morgan fingerprint density at radius 1 is 1.00 bits per heavy atom. The van der Waals surface area contributed by atoms with E-state index in [1.807, 2.05) is 36.4 Å². The van der Waals surface area contributed by atoms with Gasteiger partial charge in [0.2, 0.25) is 0 Å². The van der Waals surface area contributed by atoms with E-state index in [2.05, 4.69) is 21.0 Å². The van der Waals surface area contributed by atoms with Crippen LogP contribution in [0.3, 0.4) is 0 Å². The van der Waals surface area contributed by atoms with E-state index in [0.29, 0.717) is 16.4 Å². The van der Waals surface area contributed by atoms with Gasteiger partial charge in [-0.3, -0.25) is 0 Å². The van der Waals surface area contributed by atoms with Crippen molar-refractivity contribution in [3.63, 3.8) is 0 Å². The predicted octanol–water partition coefficient (Wildman–Crippen LogP) is 5.72. The number of esters is 1. The van der Waals surface area contributed by atoms with E-state index in [4.69, 9.17) is 16.3 Å². The second-order valence-corrected chi connectivity index (χ2v) is 10.7. The van der Waals surface area contributed by atoms with Crippen LogP contribution in [0.4, 0.5) is 0 Å². The molecule has 0 saturated carbocycles. The highest BCUT2D eigenvalue weighted by atomic mass is 79.9. The van der Waals surface area contributed by atoms with Gasteiger partial charge in [0, 0.05) is 21.3 Å². The molecule has 4 rings (SSSR count). The number of nitrogens with zero attached hydrogens (tertiary/aromatic N) is 2. The summed E-state index contributed by atoms with van der Waals surface area (Å²) in [7, 11) is -3.33. The van der Waals surface area contributed by atoms with Crippen molar-refractivity contribution in [2.75, 3.05) is 6.26 Å². The molecule has 0 radical (unpaired) electrons. The number of rotatable bonds is 6. The van der Waals surface area contributed by atoms with E-state index in [9.17, 15) is 13.2 Å². The van der Waals surface area contributed by atoms with Crippen molar-refractivity contribution in [1.29, 1.82) is 0 Å². The zero-order chi connectivity index (χ0) is 23.6. The first-order valence-electron chi connectivity index (χ1n) is 9.79. The summed E-state index contributed by atoms with van der Waals surface area (Å²) in [4.78, 5) is 12.9. The minimum absolute atomic E-state index is 0.109. The van der Waals surface area contributed by atoms with Crippen LogP contribution >= 0.6 is 27.5 Å². The van der Waals surface area contributed by atoms with Crippen LogP contribution in [0.25, 0.3) is 16.9 Å². The van der Waals surface area contributed by atoms with Crippen LogP contribution in [0.1, 0.15) is 16.1 Å². The van der Waals surface area contributed by atoms with E-state index < -0.39 is 15.8 Å². The van der Waals surface area contributed by atoms with Gasteiger partial charge in [0.1, 0.15) is 6.61 Å². The molecule has 3 aromatic carbocycles. The molecule has 0 N–H and O–H groups in total. The number of halogens is 2. The highest BCUT2D eigenvalue weighted by Crippen LogP contribution is 2.26. The Balaban J connectivity index is 1.68. The van der Waals surface area contributed by atoms with E-state index >= 15 is 0 Å². The van der Waals surface area contributed by atoms with Crippen LogP contribution < -0.4 is 0 Å². The first-order chi connectivity index (χ1) is 15.7. The molecule has 0 aliphatic heterocycles. The van der Waals surface area contributed by atoms with Crippen molar-refractivity contribution >= 4 is 43.3 Å². The number of benzene rings is 3. The van der Waals surface area contributed by atoms with Gasteiger partial charge in [-0.1, -0.05) is 51.8 Å². The molecule has 4 aromatic rings. The highest BCUT2D eigenvalue weighted by molar-refractivity contribution is 9.10. The predicted molar refractivity (Wildman–Crippen MR) is 130 cm³/mol. The summed E-state index contributed by atoms with van der Waals surface area (Å²) in [5.41, 5.74) is 2.99. The fraction of sp³-hybridized carbons (Fsp3) is 0.0833. The monoisotopic (exact) mass is 544 g/mol. The largest absolute Gasteiger partial charge is 0.456 e. The van der Waals surface area contributed by atoms with Gasteiger partial charge in [0.25, 0.3) is 0 Å².